The van der Waals surface area contributed by atoms with Crippen LogP contribution in [0, 0.1) is 11.6 Å². The molecule has 1 unspecified atom stereocenters. The summed E-state index contributed by atoms with van der Waals surface area (Å²) in [5.41, 5.74) is 7.03. The van der Waals surface area contributed by atoms with Gasteiger partial charge < -0.3 is 20.5 Å². The van der Waals surface area contributed by atoms with Crippen molar-refractivity contribution in [1.82, 2.24) is 0 Å². The number of nitrogens with two attached hydrogens (primary N) is 1. The average molecular weight is 551 g/mol. The molecule has 6 nitrogen and oxygen atoms in total. The van der Waals surface area contributed by atoms with Crippen LogP contribution in [-0.4, -0.2) is 19.0 Å². The summed E-state index contributed by atoms with van der Waals surface area (Å²) in [6.45, 7) is 0. The highest BCUT2D eigenvalue weighted by Crippen LogP contribution is 2.49. The standard InChI is InChI=1S/C30H24F2N2O4.ClH/c1-37-21-11-7-19(8-12-21)30(23-15-16-24(31)27(32)28(23)34-29(30)36)20-9-13-22(14-10-20)38-26(35)17-6-18-4-2-3-5-25(18)33;/h2-5,7-16H,6,17,33H2,1H3,(H,34,36);1H. The van der Waals surface area contributed by atoms with Crippen LogP contribution in [0.25, 0.3) is 0 Å². The van der Waals surface area contributed by atoms with Gasteiger partial charge in [-0.05, 0) is 59.5 Å². The molecule has 5 rings (SSSR count). The fourth-order valence-electron chi connectivity index (χ4n) is 4.85. The number of amides is 1. The largest absolute Gasteiger partial charge is 0.497 e. The van der Waals surface area contributed by atoms with Gasteiger partial charge in [-0.1, -0.05) is 48.5 Å². The van der Waals surface area contributed by atoms with Gasteiger partial charge in [-0.15, -0.1) is 12.4 Å². The molecule has 0 aliphatic carbocycles. The molecule has 1 amide bonds. The van der Waals surface area contributed by atoms with Gasteiger partial charge in [0.2, 0.25) is 5.91 Å². The van der Waals surface area contributed by atoms with E-state index in [0.717, 1.165) is 11.6 Å². The minimum absolute atomic E-state index is 0. The lowest BCUT2D eigenvalue weighted by Crippen LogP contribution is -2.37. The van der Waals surface area contributed by atoms with Crippen molar-refractivity contribution in [3.8, 4) is 11.5 Å². The van der Waals surface area contributed by atoms with E-state index >= 15 is 0 Å². The number of para-hydroxylation sites is 1. The third-order valence-corrected chi connectivity index (χ3v) is 6.77. The molecule has 0 spiro atoms. The molecule has 0 saturated heterocycles. The maximum Gasteiger partial charge on any atom is 0.311 e. The normalized spacial score (nSPS) is 15.6. The molecule has 0 radical (unpaired) electrons. The number of fused-ring (bicyclic) bond motifs is 1. The Balaban J connectivity index is 0.00000353. The van der Waals surface area contributed by atoms with Crippen molar-refractivity contribution in [3.05, 3.63) is 119 Å². The number of halogens is 3. The fraction of sp³-hybridized carbons (Fsp3) is 0.133. The number of ether oxygens (including phenoxy) is 2. The number of hydrogen-bond acceptors (Lipinski definition) is 5. The topological polar surface area (TPSA) is 90.7 Å². The molecule has 0 fully saturated rings. The van der Waals surface area contributed by atoms with Crippen molar-refractivity contribution in [2.45, 2.75) is 18.3 Å². The van der Waals surface area contributed by atoms with E-state index in [2.05, 4.69) is 5.32 Å². The van der Waals surface area contributed by atoms with Crippen LogP contribution < -0.4 is 20.5 Å². The van der Waals surface area contributed by atoms with Gasteiger partial charge in [0.15, 0.2) is 11.6 Å². The number of esters is 1. The Morgan fingerprint density at radius 3 is 2.13 bits per heavy atom. The predicted molar refractivity (Wildman–Crippen MR) is 146 cm³/mol. The van der Waals surface area contributed by atoms with Gasteiger partial charge >= 0.3 is 5.97 Å². The monoisotopic (exact) mass is 550 g/mol. The zero-order valence-electron chi connectivity index (χ0n) is 20.9. The molecule has 0 saturated carbocycles. The summed E-state index contributed by atoms with van der Waals surface area (Å²) in [6, 6.07) is 22.9. The van der Waals surface area contributed by atoms with Crippen LogP contribution in [0.2, 0.25) is 0 Å². The molecule has 4 aromatic rings. The SMILES string of the molecule is COc1ccc(C2(c3ccc(OC(=O)CCc4ccccc4N)cc3)C(=O)Nc3c2ccc(F)c3F)cc1.Cl. The number of methoxy groups -OCH3 is 1. The molecule has 9 heteroatoms. The van der Waals surface area contributed by atoms with Crippen molar-refractivity contribution in [1.29, 1.82) is 0 Å². The van der Waals surface area contributed by atoms with Gasteiger partial charge in [-0.25, -0.2) is 8.78 Å². The number of nitrogen functional groups attached to an aromatic ring is 1. The van der Waals surface area contributed by atoms with Gasteiger partial charge in [-0.2, -0.15) is 0 Å². The average Bonchev–Trinajstić information content (AvgIpc) is 3.24. The number of nitrogens with one attached hydrogen (secondary N) is 1. The second-order valence-electron chi connectivity index (χ2n) is 8.91. The first-order valence-corrected chi connectivity index (χ1v) is 11.9. The maximum atomic E-state index is 14.7. The molecule has 1 atom stereocenters. The second kappa shape index (κ2) is 11.1. The first-order valence-electron chi connectivity index (χ1n) is 11.9. The van der Waals surface area contributed by atoms with Crippen LogP contribution in [-0.2, 0) is 21.4 Å². The van der Waals surface area contributed by atoms with Gasteiger partial charge in [0.05, 0.1) is 19.2 Å². The van der Waals surface area contributed by atoms with Gasteiger partial charge in [-0.3, -0.25) is 9.59 Å². The number of carbonyl (C=O) groups is 2. The van der Waals surface area contributed by atoms with E-state index < -0.39 is 28.9 Å². The van der Waals surface area contributed by atoms with Crippen molar-refractivity contribution in [2.24, 2.45) is 0 Å². The zero-order chi connectivity index (χ0) is 26.9. The summed E-state index contributed by atoms with van der Waals surface area (Å²) < 4.78 is 39.5. The molecule has 0 bridgehead atoms. The lowest BCUT2D eigenvalue weighted by atomic mass is 9.70. The van der Waals surface area contributed by atoms with E-state index in [4.69, 9.17) is 15.2 Å². The van der Waals surface area contributed by atoms with Crippen molar-refractivity contribution in [3.63, 3.8) is 0 Å². The summed E-state index contributed by atoms with van der Waals surface area (Å²) in [7, 11) is 1.52. The number of anilines is 2. The van der Waals surface area contributed by atoms with Crippen molar-refractivity contribution in [2.75, 3.05) is 18.2 Å². The van der Waals surface area contributed by atoms with Crippen molar-refractivity contribution < 1.29 is 27.8 Å². The summed E-state index contributed by atoms with van der Waals surface area (Å²) >= 11 is 0. The number of aryl methyl sites for hydroxylation is 1. The molecule has 1 heterocycles. The molecule has 200 valence electrons. The zero-order valence-corrected chi connectivity index (χ0v) is 21.7. The molecular formula is C30H25ClF2N2O4. The second-order valence-corrected chi connectivity index (χ2v) is 8.91. The first-order chi connectivity index (χ1) is 18.3. The Morgan fingerprint density at radius 2 is 1.51 bits per heavy atom. The fourth-order valence-corrected chi connectivity index (χ4v) is 4.85. The van der Waals surface area contributed by atoms with E-state index in [1.165, 1.54) is 13.2 Å². The molecule has 4 aromatic carbocycles. The summed E-state index contributed by atoms with van der Waals surface area (Å²) in [6.07, 6.45) is 0.565. The van der Waals surface area contributed by atoms with E-state index in [9.17, 15) is 18.4 Å². The third kappa shape index (κ3) is 4.91. The van der Waals surface area contributed by atoms with Crippen LogP contribution in [0.5, 0.6) is 11.5 Å². The van der Waals surface area contributed by atoms with E-state index in [-0.39, 0.29) is 35.8 Å². The molecule has 39 heavy (non-hydrogen) atoms. The summed E-state index contributed by atoms with van der Waals surface area (Å²) in [5, 5.41) is 2.53. The quantitative estimate of drug-likeness (QED) is 0.172. The highest BCUT2D eigenvalue weighted by molar-refractivity contribution is 6.11. The smallest absolute Gasteiger partial charge is 0.311 e. The van der Waals surface area contributed by atoms with E-state index in [1.54, 1.807) is 54.6 Å². The molecule has 0 aromatic heterocycles. The number of hydrogen-bond donors (Lipinski definition) is 2. The maximum absolute atomic E-state index is 14.7. The number of rotatable bonds is 7. The first kappa shape index (κ1) is 27.6. The minimum Gasteiger partial charge on any atom is -0.497 e. The Hall–Kier alpha value is -4.43. The van der Waals surface area contributed by atoms with E-state index in [1.807, 2.05) is 18.2 Å². The Labute approximate surface area is 230 Å². The van der Waals surface area contributed by atoms with Crippen LogP contribution in [0.15, 0.2) is 84.9 Å². The molecule has 3 N–H and O–H groups in total. The highest BCUT2D eigenvalue weighted by Gasteiger charge is 2.51. The van der Waals surface area contributed by atoms with Gasteiger partial charge in [0.1, 0.15) is 16.9 Å². The van der Waals surface area contributed by atoms with Crippen LogP contribution >= 0.6 is 12.4 Å². The minimum atomic E-state index is -1.47. The van der Waals surface area contributed by atoms with Crippen LogP contribution in [0.1, 0.15) is 28.7 Å². The molecule has 1 aliphatic heterocycles. The van der Waals surface area contributed by atoms with Gasteiger partial charge in [0, 0.05) is 11.3 Å². The number of carbonyl (C=O) groups excluding carboxylic acids is 2. The summed E-state index contributed by atoms with van der Waals surface area (Å²) in [4.78, 5) is 26.0. The Kier molecular flexibility index (Phi) is 7.88. The van der Waals surface area contributed by atoms with E-state index in [0.29, 0.717) is 29.0 Å². The lowest BCUT2D eigenvalue weighted by molar-refractivity contribution is -0.134. The third-order valence-electron chi connectivity index (χ3n) is 6.77. The Morgan fingerprint density at radius 1 is 0.897 bits per heavy atom. The molecule has 1 aliphatic rings. The highest BCUT2D eigenvalue weighted by atomic mass is 35.5. The van der Waals surface area contributed by atoms with Crippen LogP contribution in [0.3, 0.4) is 0 Å². The Bertz CT molecular complexity index is 1530. The lowest BCUT2D eigenvalue weighted by Gasteiger charge is -2.29. The number of benzene rings is 4. The van der Waals surface area contributed by atoms with Crippen molar-refractivity contribution >= 4 is 35.7 Å². The predicted octanol–water partition coefficient (Wildman–Crippen LogP) is 5.80. The van der Waals surface area contributed by atoms with Crippen LogP contribution in [0.4, 0.5) is 20.2 Å². The summed E-state index contributed by atoms with van der Waals surface area (Å²) in [5.74, 6) is -2.30. The molecular weight excluding hydrogens is 526 g/mol. The van der Waals surface area contributed by atoms with Gasteiger partial charge in [0.25, 0.3) is 0 Å².